The number of carbonyl (C=O) groups excluding carboxylic acids is 4. The maximum absolute atomic E-state index is 13.5. The van der Waals surface area contributed by atoms with Gasteiger partial charge >= 0.3 is 11.9 Å². The van der Waals surface area contributed by atoms with Gasteiger partial charge in [0.05, 0.1) is 17.4 Å². The van der Waals surface area contributed by atoms with Crippen LogP contribution in [0, 0.1) is 38.7 Å². The van der Waals surface area contributed by atoms with E-state index in [1.807, 2.05) is 13.0 Å². The smallest absolute Gasteiger partial charge is 0.329 e. The minimum Gasteiger partial charge on any atom is -0.480 e. The number of benzene rings is 1. The van der Waals surface area contributed by atoms with Crippen LogP contribution < -0.4 is 5.32 Å². The van der Waals surface area contributed by atoms with E-state index in [1.165, 1.54) is 18.2 Å². The lowest BCUT2D eigenvalue weighted by atomic mass is 9.46. The van der Waals surface area contributed by atoms with Crippen molar-refractivity contribution in [2.24, 2.45) is 28.6 Å². The van der Waals surface area contributed by atoms with Crippen LogP contribution in [0.1, 0.15) is 70.5 Å². The predicted molar refractivity (Wildman–Crippen MR) is 166 cm³/mol. The number of nitrogens with zero attached hydrogens (tertiary/aromatic N) is 1. The zero-order valence-electron chi connectivity index (χ0n) is 26.7. The molecule has 3 fully saturated rings. The van der Waals surface area contributed by atoms with Gasteiger partial charge < -0.3 is 30.5 Å². The molecule has 4 aliphatic carbocycles. The van der Waals surface area contributed by atoms with E-state index in [9.17, 15) is 54.5 Å². The number of carboxylic acid groups (broad SMARTS) is 1. The zero-order chi connectivity index (χ0) is 35.2. The van der Waals surface area contributed by atoms with Crippen molar-refractivity contribution in [1.29, 1.82) is 0 Å². The van der Waals surface area contributed by atoms with Crippen molar-refractivity contribution in [3.05, 3.63) is 63.7 Å². The number of fused-ring (bicyclic) bond motifs is 5. The molecule has 0 spiro atoms. The molecule has 0 heterocycles. The van der Waals surface area contributed by atoms with Gasteiger partial charge in [0.2, 0.25) is 11.7 Å². The number of hydrogen-bond donors (Lipinski definition) is 5. The molecule has 0 aromatic heterocycles. The fraction of sp³-hybridized carbons (Fsp3) is 0.559. The lowest BCUT2D eigenvalue weighted by Gasteiger charge is -2.59. The summed E-state index contributed by atoms with van der Waals surface area (Å²) in [6, 6.07) is 2.78. The summed E-state index contributed by atoms with van der Waals surface area (Å²) < 4.78 is 5.12. The summed E-state index contributed by atoms with van der Waals surface area (Å²) in [5, 5.41) is 56.5. The molecule has 3 saturated carbocycles. The molecule has 258 valence electrons. The van der Waals surface area contributed by atoms with E-state index in [-0.39, 0.29) is 47.6 Å². The van der Waals surface area contributed by atoms with E-state index in [2.05, 4.69) is 5.32 Å². The van der Waals surface area contributed by atoms with Crippen LogP contribution in [0.3, 0.4) is 0 Å². The monoisotopic (exact) mass is 668 g/mol. The number of aliphatic hydroxyl groups is 3. The molecule has 1 amide bonds. The number of carbonyl (C=O) groups is 5. The minimum atomic E-state index is -1.88. The van der Waals surface area contributed by atoms with Crippen molar-refractivity contribution >= 4 is 35.1 Å². The number of esters is 1. The number of nitrogens with one attached hydrogen (secondary N) is 1. The molecule has 5 rings (SSSR count). The fourth-order valence-electron chi connectivity index (χ4n) is 8.88. The maximum atomic E-state index is 13.5. The van der Waals surface area contributed by atoms with E-state index < -0.39 is 82.7 Å². The van der Waals surface area contributed by atoms with E-state index in [0.29, 0.717) is 19.3 Å². The largest absolute Gasteiger partial charge is 0.480 e. The Morgan fingerprint density at radius 1 is 1.17 bits per heavy atom. The number of rotatable bonds is 11. The molecule has 4 aliphatic rings. The summed E-state index contributed by atoms with van der Waals surface area (Å²) in [6.45, 7) is 3.06. The molecule has 48 heavy (non-hydrogen) atoms. The third-order valence-corrected chi connectivity index (χ3v) is 11.4. The molecule has 1 aromatic carbocycles. The Hall–Kier alpha value is -4.27. The van der Waals surface area contributed by atoms with Gasteiger partial charge in [-0.3, -0.25) is 29.3 Å². The van der Waals surface area contributed by atoms with Crippen LogP contribution in [0.2, 0.25) is 0 Å². The Morgan fingerprint density at radius 3 is 2.58 bits per heavy atom. The molecular formula is C34H40N2O12. The van der Waals surface area contributed by atoms with Gasteiger partial charge in [-0.1, -0.05) is 37.6 Å². The Bertz CT molecular complexity index is 1600. The number of non-ortho nitro benzene ring substituents is 1. The number of hydrogen-bond acceptors (Lipinski definition) is 11. The van der Waals surface area contributed by atoms with E-state index in [4.69, 9.17) is 4.74 Å². The predicted octanol–water partition coefficient (Wildman–Crippen LogP) is 2.10. The quantitative estimate of drug-likeness (QED) is 0.130. The van der Waals surface area contributed by atoms with Crippen LogP contribution in [-0.4, -0.2) is 79.1 Å². The lowest BCUT2D eigenvalue weighted by molar-refractivity contribution is -0.385. The molecule has 0 aliphatic heterocycles. The van der Waals surface area contributed by atoms with E-state index in [0.717, 1.165) is 17.7 Å². The number of nitro groups is 1. The second-order valence-corrected chi connectivity index (χ2v) is 13.9. The highest BCUT2D eigenvalue weighted by molar-refractivity contribution is 6.01. The third kappa shape index (κ3) is 6.08. The number of aliphatic carboxylic acids is 1. The SMILES string of the molecule is CC12C=CC(=O)C=C1CCC1C2C(O)CC2(C)C1CCC2(O)C(=O)COC(=O)CCC(=O)NC(C(=O)O)C(O)c1cccc([N+](=O)[O-])c1. The number of nitro benzene ring substituents is 1. The number of amides is 1. The number of allylic oxidation sites excluding steroid dienone is 4. The lowest BCUT2D eigenvalue weighted by Crippen LogP contribution is -2.61. The van der Waals surface area contributed by atoms with Gasteiger partial charge in [-0.05, 0) is 61.7 Å². The van der Waals surface area contributed by atoms with Gasteiger partial charge in [-0.2, -0.15) is 0 Å². The average molecular weight is 669 g/mol. The number of ketones is 2. The zero-order valence-corrected chi connectivity index (χ0v) is 26.7. The Balaban J connectivity index is 1.17. The molecule has 0 radical (unpaired) electrons. The number of aliphatic hydroxyl groups excluding tert-OH is 2. The summed E-state index contributed by atoms with van der Waals surface area (Å²) in [4.78, 5) is 72.6. The van der Waals surface area contributed by atoms with Crippen LogP contribution in [0.5, 0.6) is 0 Å². The summed E-state index contributed by atoms with van der Waals surface area (Å²) in [6.07, 6.45) is 3.47. The highest BCUT2D eigenvalue weighted by atomic mass is 16.6. The molecule has 14 heteroatoms. The second kappa shape index (κ2) is 13.0. The third-order valence-electron chi connectivity index (χ3n) is 11.4. The van der Waals surface area contributed by atoms with Gasteiger partial charge in [-0.25, -0.2) is 4.79 Å². The standard InChI is InChI=1S/C34H40N2O12/c1-32-12-10-21(37)15-19(32)6-7-22-23-11-13-34(45,33(23,2)16-24(38)28(22)32)25(39)17-48-27(41)9-8-26(40)35-29(31(43)44)30(42)18-4-3-5-20(14-18)36(46)47/h3-5,10,12,14-15,22-24,28-30,38,42,45H,6-9,11,13,16-17H2,1-2H3,(H,35,40)(H,43,44). The summed E-state index contributed by atoms with van der Waals surface area (Å²) >= 11 is 0. The van der Waals surface area contributed by atoms with Gasteiger partial charge in [0, 0.05) is 35.3 Å². The first-order valence-corrected chi connectivity index (χ1v) is 16.0. The highest BCUT2D eigenvalue weighted by Crippen LogP contribution is 2.67. The summed E-state index contributed by atoms with van der Waals surface area (Å²) in [5.74, 6) is -4.57. The molecule has 5 N–H and O–H groups in total. The summed E-state index contributed by atoms with van der Waals surface area (Å²) in [5.41, 5.74) is -2.87. The Labute approximate surface area is 276 Å². The fourth-order valence-corrected chi connectivity index (χ4v) is 8.88. The van der Waals surface area contributed by atoms with Gasteiger partial charge in [0.15, 0.2) is 18.4 Å². The molecule has 14 nitrogen and oxygen atoms in total. The van der Waals surface area contributed by atoms with Gasteiger partial charge in [0.1, 0.15) is 11.7 Å². The molecule has 1 aromatic rings. The van der Waals surface area contributed by atoms with Crippen LogP contribution in [-0.2, 0) is 28.7 Å². The van der Waals surface area contributed by atoms with Crippen molar-refractivity contribution in [2.45, 2.75) is 82.6 Å². The topological polar surface area (TPSA) is 231 Å². The molecule has 9 unspecified atom stereocenters. The average Bonchev–Trinajstić information content (AvgIpc) is 3.31. The first-order chi connectivity index (χ1) is 22.5. The maximum Gasteiger partial charge on any atom is 0.329 e. The van der Waals surface area contributed by atoms with Gasteiger partial charge in [-0.15, -0.1) is 0 Å². The first-order valence-electron chi connectivity index (χ1n) is 16.0. The van der Waals surface area contributed by atoms with Crippen molar-refractivity contribution in [2.75, 3.05) is 6.61 Å². The first kappa shape index (κ1) is 35.0. The normalized spacial score (nSPS) is 33.3. The van der Waals surface area contributed by atoms with Crippen LogP contribution in [0.15, 0.2) is 48.1 Å². The van der Waals surface area contributed by atoms with Crippen LogP contribution >= 0.6 is 0 Å². The van der Waals surface area contributed by atoms with Gasteiger partial charge in [0.25, 0.3) is 5.69 Å². The van der Waals surface area contributed by atoms with E-state index >= 15 is 0 Å². The number of ether oxygens (including phenoxy) is 1. The van der Waals surface area contributed by atoms with Crippen molar-refractivity contribution < 1.29 is 54.1 Å². The molecule has 0 bridgehead atoms. The van der Waals surface area contributed by atoms with E-state index in [1.54, 1.807) is 13.0 Å². The highest BCUT2D eigenvalue weighted by Gasteiger charge is 2.68. The second-order valence-electron chi connectivity index (χ2n) is 13.9. The van der Waals surface area contributed by atoms with Crippen molar-refractivity contribution in [3.63, 3.8) is 0 Å². The Morgan fingerprint density at radius 2 is 1.90 bits per heavy atom. The van der Waals surface area contributed by atoms with Crippen LogP contribution in [0.25, 0.3) is 0 Å². The van der Waals surface area contributed by atoms with Crippen LogP contribution in [0.4, 0.5) is 5.69 Å². The Kier molecular flexibility index (Phi) is 9.47. The molecule has 0 saturated heterocycles. The molecular weight excluding hydrogens is 628 g/mol. The molecule has 9 atom stereocenters. The number of Topliss-reactive ketones (excluding diaryl/α,β-unsaturated/α-hetero) is 1. The minimum absolute atomic E-state index is 0.00760. The van der Waals surface area contributed by atoms with Crippen molar-refractivity contribution in [3.8, 4) is 0 Å². The summed E-state index contributed by atoms with van der Waals surface area (Å²) in [7, 11) is 0. The number of carboxylic acids is 1. The van der Waals surface area contributed by atoms with Crippen molar-refractivity contribution in [1.82, 2.24) is 5.32 Å².